The fourth-order valence-electron chi connectivity index (χ4n) is 4.17. The number of nitrogens with zero attached hydrogens (tertiary/aromatic N) is 2. The molecule has 6 nitrogen and oxygen atoms in total. The van der Waals surface area contributed by atoms with Crippen molar-refractivity contribution in [1.29, 1.82) is 0 Å². The Morgan fingerprint density at radius 1 is 1.19 bits per heavy atom. The summed E-state index contributed by atoms with van der Waals surface area (Å²) in [5.41, 5.74) is 1.53. The largest absolute Gasteiger partial charge is 0.481 e. The lowest BCUT2D eigenvalue weighted by molar-refractivity contribution is -0.148. The number of aliphatic carboxylic acids is 1. The van der Waals surface area contributed by atoms with Crippen LogP contribution in [-0.2, 0) is 26.8 Å². The van der Waals surface area contributed by atoms with Gasteiger partial charge in [0.2, 0.25) is 10.0 Å². The molecular formula is C19H28N2O4S. The van der Waals surface area contributed by atoms with Crippen molar-refractivity contribution >= 4 is 16.0 Å². The second-order valence-corrected chi connectivity index (χ2v) is 10.8. The Hall–Kier alpha value is -1.44. The molecule has 0 spiro atoms. The van der Waals surface area contributed by atoms with Gasteiger partial charge in [-0.1, -0.05) is 45.0 Å². The van der Waals surface area contributed by atoms with E-state index in [-0.39, 0.29) is 17.9 Å². The normalized spacial score (nSPS) is 27.6. The van der Waals surface area contributed by atoms with Gasteiger partial charge < -0.3 is 5.11 Å². The molecule has 3 rings (SSSR count). The van der Waals surface area contributed by atoms with Gasteiger partial charge in [-0.2, -0.15) is 0 Å². The standard InChI is InChI=1S/C19H28N2O4S/c1-18(2,3)15-7-5-14(6-8-15)9-20-10-16-11-21(26(4,24)25)13-19(16,12-20)17(22)23/h5-8,16H,9-13H2,1-4H3,(H,22,23)/t16-,19-/m1/s1. The highest BCUT2D eigenvalue weighted by atomic mass is 32.2. The summed E-state index contributed by atoms with van der Waals surface area (Å²) in [4.78, 5) is 14.1. The molecule has 144 valence electrons. The molecule has 0 unspecified atom stereocenters. The van der Waals surface area contributed by atoms with Crippen LogP contribution in [-0.4, -0.2) is 61.1 Å². The Bertz CT molecular complexity index is 798. The van der Waals surface area contributed by atoms with Crippen LogP contribution in [0.15, 0.2) is 24.3 Å². The van der Waals surface area contributed by atoms with Gasteiger partial charge in [0.05, 0.1) is 11.7 Å². The zero-order valence-corrected chi connectivity index (χ0v) is 16.7. The lowest BCUT2D eigenvalue weighted by Crippen LogP contribution is -2.41. The van der Waals surface area contributed by atoms with Gasteiger partial charge in [0.15, 0.2) is 0 Å². The van der Waals surface area contributed by atoms with Crippen LogP contribution in [0.2, 0.25) is 0 Å². The average molecular weight is 381 g/mol. The highest BCUT2D eigenvalue weighted by Crippen LogP contribution is 2.44. The third-order valence-electron chi connectivity index (χ3n) is 5.77. The highest BCUT2D eigenvalue weighted by Gasteiger charge is 2.59. The van der Waals surface area contributed by atoms with E-state index >= 15 is 0 Å². The molecule has 1 aromatic rings. The van der Waals surface area contributed by atoms with Gasteiger partial charge >= 0.3 is 5.97 Å². The molecule has 2 heterocycles. The summed E-state index contributed by atoms with van der Waals surface area (Å²) < 4.78 is 25.0. The molecule has 0 bridgehead atoms. The smallest absolute Gasteiger partial charge is 0.312 e. The van der Waals surface area contributed by atoms with E-state index in [1.165, 1.54) is 9.87 Å². The van der Waals surface area contributed by atoms with Gasteiger partial charge in [0.1, 0.15) is 0 Å². The first-order valence-electron chi connectivity index (χ1n) is 8.92. The first kappa shape index (κ1) is 19.3. The number of likely N-dealkylation sites (tertiary alicyclic amines) is 1. The first-order valence-corrected chi connectivity index (χ1v) is 10.8. The molecule has 2 saturated heterocycles. The van der Waals surface area contributed by atoms with Crippen molar-refractivity contribution in [1.82, 2.24) is 9.21 Å². The van der Waals surface area contributed by atoms with E-state index in [0.717, 1.165) is 11.8 Å². The van der Waals surface area contributed by atoms with E-state index in [1.807, 2.05) is 0 Å². The summed E-state index contributed by atoms with van der Waals surface area (Å²) in [5.74, 6) is -1.05. The van der Waals surface area contributed by atoms with Gasteiger partial charge in [-0.05, 0) is 16.5 Å². The minimum Gasteiger partial charge on any atom is -0.481 e. The predicted molar refractivity (Wildman–Crippen MR) is 100 cm³/mol. The summed E-state index contributed by atoms with van der Waals surface area (Å²) in [5, 5.41) is 9.82. The quantitative estimate of drug-likeness (QED) is 0.861. The number of carboxylic acids is 1. The average Bonchev–Trinajstić information content (AvgIpc) is 3.01. The van der Waals surface area contributed by atoms with Gasteiger partial charge in [0, 0.05) is 38.6 Å². The third kappa shape index (κ3) is 3.52. The van der Waals surface area contributed by atoms with Gasteiger partial charge in [0.25, 0.3) is 0 Å². The summed E-state index contributed by atoms with van der Waals surface area (Å²) in [6.07, 6.45) is 1.15. The maximum atomic E-state index is 12.0. The molecule has 1 N–H and O–H groups in total. The Labute approximate surface area is 155 Å². The zero-order valence-electron chi connectivity index (χ0n) is 15.9. The van der Waals surface area contributed by atoms with Crippen LogP contribution < -0.4 is 0 Å². The number of sulfonamides is 1. The van der Waals surface area contributed by atoms with Crippen molar-refractivity contribution in [3.05, 3.63) is 35.4 Å². The van der Waals surface area contributed by atoms with E-state index in [4.69, 9.17) is 0 Å². The van der Waals surface area contributed by atoms with E-state index < -0.39 is 21.4 Å². The topological polar surface area (TPSA) is 77.9 Å². The van der Waals surface area contributed by atoms with Crippen molar-refractivity contribution in [3.8, 4) is 0 Å². The molecule has 0 aromatic heterocycles. The first-order chi connectivity index (χ1) is 11.9. The number of fused-ring (bicyclic) bond motifs is 1. The molecular weight excluding hydrogens is 352 g/mol. The fraction of sp³-hybridized carbons (Fsp3) is 0.632. The molecule has 2 aliphatic rings. The van der Waals surface area contributed by atoms with Crippen LogP contribution >= 0.6 is 0 Å². The van der Waals surface area contributed by atoms with Crippen LogP contribution in [0, 0.1) is 11.3 Å². The lowest BCUT2D eigenvalue weighted by atomic mass is 9.81. The van der Waals surface area contributed by atoms with Crippen LogP contribution in [0.3, 0.4) is 0 Å². The second-order valence-electron chi connectivity index (χ2n) is 8.83. The molecule has 0 saturated carbocycles. The second kappa shape index (κ2) is 6.32. The number of carboxylic acid groups (broad SMARTS) is 1. The van der Waals surface area contributed by atoms with Crippen LogP contribution in [0.4, 0.5) is 0 Å². The number of rotatable bonds is 4. The van der Waals surface area contributed by atoms with Gasteiger partial charge in [-0.25, -0.2) is 12.7 Å². The van der Waals surface area contributed by atoms with E-state index in [2.05, 4.69) is 49.9 Å². The van der Waals surface area contributed by atoms with Gasteiger partial charge in [-0.3, -0.25) is 9.69 Å². The minimum absolute atomic E-state index is 0.0747. The molecule has 2 atom stereocenters. The molecule has 0 aliphatic carbocycles. The fourth-order valence-corrected chi connectivity index (χ4v) is 5.08. The van der Waals surface area contributed by atoms with E-state index in [9.17, 15) is 18.3 Å². The SMILES string of the molecule is CC(C)(C)c1ccc(CN2C[C@@H]3CN(S(C)(=O)=O)C[C@]3(C(=O)O)C2)cc1. The van der Waals surface area contributed by atoms with Crippen LogP contribution in [0.5, 0.6) is 0 Å². The Balaban J connectivity index is 1.73. The number of hydrogen-bond acceptors (Lipinski definition) is 4. The van der Waals surface area contributed by atoms with Crippen molar-refractivity contribution in [3.63, 3.8) is 0 Å². The lowest BCUT2D eigenvalue weighted by Gasteiger charge is -2.25. The van der Waals surface area contributed by atoms with Crippen LogP contribution in [0.25, 0.3) is 0 Å². The number of hydrogen-bond donors (Lipinski definition) is 1. The molecule has 2 fully saturated rings. The predicted octanol–water partition coefficient (Wildman–Crippen LogP) is 1.76. The van der Waals surface area contributed by atoms with Crippen molar-refractivity contribution in [2.24, 2.45) is 11.3 Å². The van der Waals surface area contributed by atoms with Crippen LogP contribution in [0.1, 0.15) is 31.9 Å². The van der Waals surface area contributed by atoms with Crippen molar-refractivity contribution < 1.29 is 18.3 Å². The zero-order chi connectivity index (χ0) is 19.3. The molecule has 0 radical (unpaired) electrons. The highest BCUT2D eigenvalue weighted by molar-refractivity contribution is 7.88. The summed E-state index contributed by atoms with van der Waals surface area (Å²) in [6.45, 7) is 8.58. The van der Waals surface area contributed by atoms with E-state index in [0.29, 0.717) is 26.2 Å². The Morgan fingerprint density at radius 3 is 2.27 bits per heavy atom. The monoisotopic (exact) mass is 380 g/mol. The maximum Gasteiger partial charge on any atom is 0.312 e. The van der Waals surface area contributed by atoms with Gasteiger partial charge in [-0.15, -0.1) is 0 Å². The third-order valence-corrected chi connectivity index (χ3v) is 6.99. The number of benzene rings is 1. The van der Waals surface area contributed by atoms with Crippen molar-refractivity contribution in [2.75, 3.05) is 32.4 Å². The summed E-state index contributed by atoms with van der Waals surface area (Å²) in [7, 11) is -3.36. The summed E-state index contributed by atoms with van der Waals surface area (Å²) >= 11 is 0. The molecule has 0 amide bonds. The van der Waals surface area contributed by atoms with E-state index in [1.54, 1.807) is 0 Å². The minimum atomic E-state index is -3.36. The summed E-state index contributed by atoms with van der Waals surface area (Å²) in [6, 6.07) is 8.46. The Morgan fingerprint density at radius 2 is 1.81 bits per heavy atom. The molecule has 1 aromatic carbocycles. The Kier molecular flexibility index (Phi) is 4.70. The molecule has 7 heteroatoms. The van der Waals surface area contributed by atoms with Crippen molar-refractivity contribution in [2.45, 2.75) is 32.7 Å². The molecule has 2 aliphatic heterocycles. The maximum absolute atomic E-state index is 12.0. The number of carbonyl (C=O) groups is 1. The molecule has 26 heavy (non-hydrogen) atoms.